The zero-order chi connectivity index (χ0) is 20.7. The number of hydrogen-bond acceptors (Lipinski definition) is 5. The second kappa shape index (κ2) is 7.69. The number of likely N-dealkylation sites (tertiary alicyclic amines) is 1. The van der Waals surface area contributed by atoms with Gasteiger partial charge in [0.05, 0.1) is 18.4 Å². The zero-order valence-electron chi connectivity index (χ0n) is 18.0. The quantitative estimate of drug-likeness (QED) is 0.760. The largest absolute Gasteiger partial charge is 0.481 e. The minimum Gasteiger partial charge on any atom is -0.481 e. The van der Waals surface area contributed by atoms with E-state index in [4.69, 9.17) is 9.84 Å². The number of rotatable bonds is 5. The van der Waals surface area contributed by atoms with E-state index in [1.807, 2.05) is 24.2 Å². The third-order valence-corrected chi connectivity index (χ3v) is 7.30. The van der Waals surface area contributed by atoms with E-state index in [2.05, 4.69) is 20.6 Å². The Bertz CT molecular complexity index is 927. The van der Waals surface area contributed by atoms with Gasteiger partial charge in [0.1, 0.15) is 0 Å². The van der Waals surface area contributed by atoms with Gasteiger partial charge in [0.15, 0.2) is 0 Å². The van der Waals surface area contributed by atoms with Gasteiger partial charge >= 0.3 is 0 Å². The Hall–Kier alpha value is -2.41. The summed E-state index contributed by atoms with van der Waals surface area (Å²) in [6.45, 7) is 4.52. The Kier molecular flexibility index (Phi) is 5.01. The van der Waals surface area contributed by atoms with E-state index in [0.717, 1.165) is 68.3 Å². The molecule has 1 saturated carbocycles. The predicted molar refractivity (Wildman–Crippen MR) is 114 cm³/mol. The molecule has 0 radical (unpaired) electrons. The van der Waals surface area contributed by atoms with E-state index in [9.17, 15) is 4.79 Å². The average molecular weight is 410 g/mol. The molecule has 30 heavy (non-hydrogen) atoms. The molecule has 0 bridgehead atoms. The monoisotopic (exact) mass is 409 g/mol. The van der Waals surface area contributed by atoms with Gasteiger partial charge in [-0.25, -0.2) is 4.98 Å². The first-order valence-electron chi connectivity index (χ1n) is 11.1. The highest BCUT2D eigenvalue weighted by atomic mass is 16.5. The van der Waals surface area contributed by atoms with Gasteiger partial charge < -0.3 is 9.64 Å². The summed E-state index contributed by atoms with van der Waals surface area (Å²) in [6, 6.07) is 4.05. The first kappa shape index (κ1) is 19.5. The first-order chi connectivity index (χ1) is 14.6. The Morgan fingerprint density at radius 3 is 2.77 bits per heavy atom. The maximum Gasteiger partial charge on any atom is 0.257 e. The van der Waals surface area contributed by atoms with E-state index in [1.54, 1.807) is 13.3 Å². The number of piperidine rings is 1. The van der Waals surface area contributed by atoms with Crippen molar-refractivity contribution < 1.29 is 9.53 Å². The molecule has 0 aromatic carbocycles. The van der Waals surface area contributed by atoms with Crippen LogP contribution in [0.4, 0.5) is 0 Å². The third kappa shape index (κ3) is 3.39. The summed E-state index contributed by atoms with van der Waals surface area (Å²) >= 11 is 0. The smallest absolute Gasteiger partial charge is 0.257 e. The van der Waals surface area contributed by atoms with Crippen molar-refractivity contribution in [2.24, 2.45) is 5.92 Å². The summed E-state index contributed by atoms with van der Waals surface area (Å²) in [5.41, 5.74) is 2.96. The Morgan fingerprint density at radius 2 is 2.07 bits per heavy atom. The van der Waals surface area contributed by atoms with Crippen LogP contribution in [-0.4, -0.2) is 64.3 Å². The summed E-state index contributed by atoms with van der Waals surface area (Å²) < 4.78 is 7.48. The lowest BCUT2D eigenvalue weighted by atomic mass is 9.72. The van der Waals surface area contributed by atoms with E-state index in [-0.39, 0.29) is 11.3 Å². The molecule has 3 aliphatic rings. The number of likely N-dealkylation sites (N-methyl/N-ethyl adjacent to an activating group) is 1. The highest BCUT2D eigenvalue weighted by Crippen LogP contribution is 2.41. The lowest BCUT2D eigenvalue weighted by Crippen LogP contribution is -2.53. The van der Waals surface area contributed by atoms with E-state index >= 15 is 0 Å². The molecule has 1 aliphatic carbocycles. The number of carbonyl (C=O) groups excluding carboxylic acids is 1. The lowest BCUT2D eigenvalue weighted by molar-refractivity contribution is 0.0627. The van der Waals surface area contributed by atoms with Gasteiger partial charge in [0.2, 0.25) is 5.88 Å². The number of pyridine rings is 1. The number of hydrogen-bond donors (Lipinski definition) is 0. The van der Waals surface area contributed by atoms with E-state index in [1.165, 1.54) is 19.3 Å². The lowest BCUT2D eigenvalue weighted by Gasteiger charge is -2.45. The molecule has 0 N–H and O–H groups in total. The van der Waals surface area contributed by atoms with Crippen LogP contribution in [-0.2, 0) is 18.5 Å². The van der Waals surface area contributed by atoms with Crippen LogP contribution in [0.2, 0.25) is 0 Å². The molecule has 7 nitrogen and oxygen atoms in total. The average Bonchev–Trinajstić information content (AvgIpc) is 3.17. The summed E-state index contributed by atoms with van der Waals surface area (Å²) in [7, 11) is 3.61. The molecular formula is C23H31N5O2. The summed E-state index contributed by atoms with van der Waals surface area (Å²) in [4.78, 5) is 21.5. The van der Waals surface area contributed by atoms with Crippen LogP contribution >= 0.6 is 0 Å². The molecule has 2 aromatic heterocycles. The van der Waals surface area contributed by atoms with Crippen LogP contribution in [0.5, 0.6) is 5.88 Å². The fourth-order valence-electron chi connectivity index (χ4n) is 5.31. The highest BCUT2D eigenvalue weighted by Gasteiger charge is 2.46. The zero-order valence-corrected chi connectivity index (χ0v) is 18.0. The van der Waals surface area contributed by atoms with Gasteiger partial charge in [-0.3, -0.25) is 14.4 Å². The number of aromatic nitrogens is 3. The van der Waals surface area contributed by atoms with Gasteiger partial charge in [-0.1, -0.05) is 12.5 Å². The van der Waals surface area contributed by atoms with Crippen molar-refractivity contribution in [1.82, 2.24) is 24.6 Å². The molecule has 5 rings (SSSR count). The van der Waals surface area contributed by atoms with Crippen LogP contribution in [0.15, 0.2) is 24.5 Å². The predicted octanol–water partition coefficient (Wildman–Crippen LogP) is 2.71. The van der Waals surface area contributed by atoms with Gasteiger partial charge in [-0.05, 0) is 50.8 Å². The summed E-state index contributed by atoms with van der Waals surface area (Å²) in [5.74, 6) is 1.56. The maximum absolute atomic E-state index is 12.8. The Morgan fingerprint density at radius 1 is 1.27 bits per heavy atom. The first-order valence-corrected chi connectivity index (χ1v) is 11.1. The van der Waals surface area contributed by atoms with Crippen molar-refractivity contribution in [3.63, 3.8) is 0 Å². The van der Waals surface area contributed by atoms with Crippen molar-refractivity contribution in [3.05, 3.63) is 41.3 Å². The fourth-order valence-corrected chi connectivity index (χ4v) is 5.31. The minimum atomic E-state index is -0.0294. The molecule has 0 atom stereocenters. The van der Waals surface area contributed by atoms with Crippen molar-refractivity contribution in [3.8, 4) is 5.88 Å². The Labute approximate surface area is 178 Å². The number of ether oxygens (including phenoxy) is 1. The molecule has 0 unspecified atom stereocenters. The molecule has 1 spiro atoms. The van der Waals surface area contributed by atoms with Gasteiger partial charge in [-0.2, -0.15) is 5.10 Å². The molecular weight excluding hydrogens is 378 g/mol. The van der Waals surface area contributed by atoms with Gasteiger partial charge in [0.25, 0.3) is 5.91 Å². The molecule has 4 heterocycles. The SMILES string of the molecule is COc1ncccc1CN1CCC2(CC1)CN(C)C(=O)c1cn(CC3CCC3)nc12. The highest BCUT2D eigenvalue weighted by molar-refractivity contribution is 5.96. The molecule has 1 saturated heterocycles. The van der Waals surface area contributed by atoms with Crippen LogP contribution in [0, 0.1) is 5.92 Å². The number of fused-ring (bicyclic) bond motifs is 2. The number of carbonyl (C=O) groups is 1. The molecule has 2 aliphatic heterocycles. The van der Waals surface area contributed by atoms with Crippen molar-refractivity contribution in [2.45, 2.75) is 50.6 Å². The van der Waals surface area contributed by atoms with Crippen LogP contribution < -0.4 is 4.74 Å². The van der Waals surface area contributed by atoms with Gasteiger partial charge in [-0.15, -0.1) is 0 Å². The van der Waals surface area contributed by atoms with Gasteiger partial charge in [0, 0.05) is 50.1 Å². The number of amides is 1. The topological polar surface area (TPSA) is 63.5 Å². The minimum absolute atomic E-state index is 0.0294. The molecule has 160 valence electrons. The van der Waals surface area contributed by atoms with Crippen LogP contribution in [0.25, 0.3) is 0 Å². The van der Waals surface area contributed by atoms with E-state index < -0.39 is 0 Å². The van der Waals surface area contributed by atoms with Crippen molar-refractivity contribution in [2.75, 3.05) is 33.8 Å². The molecule has 1 amide bonds. The third-order valence-electron chi connectivity index (χ3n) is 7.30. The van der Waals surface area contributed by atoms with Crippen LogP contribution in [0.1, 0.15) is 53.7 Å². The summed E-state index contributed by atoms with van der Waals surface area (Å²) in [5, 5.41) is 4.99. The maximum atomic E-state index is 12.8. The van der Waals surface area contributed by atoms with Crippen molar-refractivity contribution in [1.29, 1.82) is 0 Å². The number of nitrogens with zero attached hydrogens (tertiary/aromatic N) is 5. The second-order valence-corrected chi connectivity index (χ2v) is 9.30. The Balaban J connectivity index is 1.34. The molecule has 2 fully saturated rings. The van der Waals surface area contributed by atoms with Crippen molar-refractivity contribution >= 4 is 5.91 Å². The molecule has 2 aromatic rings. The standard InChI is InChI=1S/C23H31N5O2/c1-26-16-23(20-19(22(26)29)15-28(25-20)13-17-5-3-6-17)8-11-27(12-9-23)14-18-7-4-10-24-21(18)30-2/h4,7,10,15,17H,3,5-6,8-9,11-14,16H2,1-2H3. The summed E-state index contributed by atoms with van der Waals surface area (Å²) in [6.07, 6.45) is 9.72. The fraction of sp³-hybridized carbons (Fsp3) is 0.609. The normalized spacial score (nSPS) is 21.5. The second-order valence-electron chi connectivity index (χ2n) is 9.30. The van der Waals surface area contributed by atoms with E-state index in [0.29, 0.717) is 5.88 Å². The number of methoxy groups -OCH3 is 1. The van der Waals surface area contributed by atoms with Crippen LogP contribution in [0.3, 0.4) is 0 Å². The molecule has 7 heteroatoms.